The zero-order valence-corrected chi connectivity index (χ0v) is 11.0. The van der Waals surface area contributed by atoms with Gasteiger partial charge in [0.05, 0.1) is 11.8 Å². The summed E-state index contributed by atoms with van der Waals surface area (Å²) in [4.78, 5) is 0. The van der Waals surface area contributed by atoms with Crippen LogP contribution >= 0.6 is 15.9 Å². The molecule has 0 aliphatic heterocycles. The van der Waals surface area contributed by atoms with E-state index in [2.05, 4.69) is 36.7 Å². The van der Waals surface area contributed by atoms with Gasteiger partial charge < -0.3 is 10.5 Å². The molecule has 0 aliphatic carbocycles. The van der Waals surface area contributed by atoms with Crippen molar-refractivity contribution in [3.05, 3.63) is 22.7 Å². The Morgan fingerprint density at radius 2 is 2.00 bits per heavy atom. The Balaban J connectivity index is 2.67. The fraction of sp³-hybridized carbons (Fsp3) is 0.500. The number of rotatable bonds is 4. The summed E-state index contributed by atoms with van der Waals surface area (Å²) in [6.07, 6.45) is 1.23. The van der Waals surface area contributed by atoms with Crippen molar-refractivity contribution < 1.29 is 4.74 Å². The Bertz CT molecular complexity index is 325. The molecule has 0 heterocycles. The molecule has 0 radical (unpaired) electrons. The smallest absolute Gasteiger partial charge is 0.143 e. The molecule has 0 fully saturated rings. The molecule has 2 nitrogen and oxygen atoms in total. The average Bonchev–Trinajstić information content (AvgIpc) is 2.10. The van der Waals surface area contributed by atoms with Gasteiger partial charge in [-0.2, -0.15) is 0 Å². The van der Waals surface area contributed by atoms with E-state index in [0.29, 0.717) is 11.6 Å². The van der Waals surface area contributed by atoms with E-state index < -0.39 is 0 Å². The van der Waals surface area contributed by atoms with Crippen molar-refractivity contribution in [3.63, 3.8) is 0 Å². The van der Waals surface area contributed by atoms with E-state index >= 15 is 0 Å². The van der Waals surface area contributed by atoms with E-state index in [0.717, 1.165) is 16.6 Å². The third-order valence-electron chi connectivity index (χ3n) is 2.11. The zero-order valence-electron chi connectivity index (χ0n) is 9.46. The van der Waals surface area contributed by atoms with Gasteiger partial charge in [-0.15, -0.1) is 0 Å². The van der Waals surface area contributed by atoms with Crippen LogP contribution in [0.5, 0.6) is 5.75 Å². The quantitative estimate of drug-likeness (QED) is 0.845. The van der Waals surface area contributed by atoms with Crippen molar-refractivity contribution in [1.29, 1.82) is 0 Å². The lowest BCUT2D eigenvalue weighted by Gasteiger charge is -2.17. The number of ether oxygens (including phenoxy) is 1. The number of halogens is 1. The molecule has 0 bridgehead atoms. The van der Waals surface area contributed by atoms with E-state index in [1.807, 2.05) is 18.2 Å². The van der Waals surface area contributed by atoms with Gasteiger partial charge in [0.2, 0.25) is 0 Å². The monoisotopic (exact) mass is 271 g/mol. The first-order chi connectivity index (χ1) is 6.99. The Labute approximate surface area is 99.9 Å². The second kappa shape index (κ2) is 5.40. The van der Waals surface area contributed by atoms with Gasteiger partial charge in [0.1, 0.15) is 5.75 Å². The molecule has 0 aromatic heterocycles. The highest BCUT2D eigenvalue weighted by molar-refractivity contribution is 9.10. The maximum absolute atomic E-state index is 5.82. The summed E-state index contributed by atoms with van der Waals surface area (Å²) >= 11 is 3.40. The van der Waals surface area contributed by atoms with Gasteiger partial charge in [0, 0.05) is 4.47 Å². The van der Waals surface area contributed by atoms with Crippen molar-refractivity contribution in [2.24, 2.45) is 5.92 Å². The molecule has 1 aromatic carbocycles. The maximum atomic E-state index is 5.82. The van der Waals surface area contributed by atoms with E-state index in [4.69, 9.17) is 10.5 Å². The summed E-state index contributed by atoms with van der Waals surface area (Å²) in [5, 5.41) is 0. The fourth-order valence-electron chi connectivity index (χ4n) is 1.54. The number of hydrogen-bond acceptors (Lipinski definition) is 2. The van der Waals surface area contributed by atoms with Crippen molar-refractivity contribution in [1.82, 2.24) is 0 Å². The minimum atomic E-state index is 0.196. The van der Waals surface area contributed by atoms with E-state index in [1.165, 1.54) is 0 Å². The Morgan fingerprint density at radius 3 is 2.60 bits per heavy atom. The Kier molecular flexibility index (Phi) is 4.45. The second-order valence-corrected chi connectivity index (χ2v) is 5.16. The van der Waals surface area contributed by atoms with Crippen LogP contribution in [0.3, 0.4) is 0 Å². The van der Waals surface area contributed by atoms with Crippen molar-refractivity contribution in [2.75, 3.05) is 5.73 Å². The second-order valence-electron chi connectivity index (χ2n) is 4.24. The standard InChI is InChI=1S/C12H18BrNO/c1-8(2)6-9(3)15-12-7-10(13)4-5-11(12)14/h4-5,7-9H,6,14H2,1-3H3. The Hall–Kier alpha value is -0.700. The van der Waals surface area contributed by atoms with E-state index in [-0.39, 0.29) is 6.10 Å². The SMILES string of the molecule is CC(C)CC(C)Oc1cc(Br)ccc1N. The highest BCUT2D eigenvalue weighted by Gasteiger charge is 2.09. The highest BCUT2D eigenvalue weighted by atomic mass is 79.9. The van der Waals surface area contributed by atoms with E-state index in [1.54, 1.807) is 0 Å². The lowest BCUT2D eigenvalue weighted by atomic mass is 10.1. The lowest BCUT2D eigenvalue weighted by molar-refractivity contribution is 0.194. The molecule has 1 aromatic rings. The van der Waals surface area contributed by atoms with Crippen LogP contribution in [0.15, 0.2) is 22.7 Å². The first-order valence-electron chi connectivity index (χ1n) is 5.20. The summed E-state index contributed by atoms with van der Waals surface area (Å²) in [5.41, 5.74) is 6.51. The van der Waals surface area contributed by atoms with Crippen LogP contribution in [0, 0.1) is 5.92 Å². The fourth-order valence-corrected chi connectivity index (χ4v) is 1.88. The van der Waals surface area contributed by atoms with Gasteiger partial charge in [0.15, 0.2) is 0 Å². The van der Waals surface area contributed by atoms with Crippen LogP contribution in [0.2, 0.25) is 0 Å². The number of anilines is 1. The van der Waals surface area contributed by atoms with Crippen LogP contribution < -0.4 is 10.5 Å². The zero-order chi connectivity index (χ0) is 11.4. The summed E-state index contributed by atoms with van der Waals surface area (Å²) in [6.45, 7) is 6.44. The van der Waals surface area contributed by atoms with Crippen LogP contribution in [0.25, 0.3) is 0 Å². The maximum Gasteiger partial charge on any atom is 0.143 e. The topological polar surface area (TPSA) is 35.2 Å². The molecular weight excluding hydrogens is 254 g/mol. The van der Waals surface area contributed by atoms with Crippen LogP contribution in [0.1, 0.15) is 27.2 Å². The third kappa shape index (κ3) is 4.12. The molecule has 0 aliphatic rings. The third-order valence-corrected chi connectivity index (χ3v) is 2.60. The minimum absolute atomic E-state index is 0.196. The van der Waals surface area contributed by atoms with Crippen molar-refractivity contribution in [2.45, 2.75) is 33.3 Å². The number of nitrogen functional groups attached to an aromatic ring is 1. The predicted molar refractivity (Wildman–Crippen MR) is 68.1 cm³/mol. The molecule has 0 amide bonds. The van der Waals surface area contributed by atoms with Crippen LogP contribution in [-0.4, -0.2) is 6.10 Å². The number of benzene rings is 1. The molecule has 0 spiro atoms. The van der Waals surface area contributed by atoms with Gasteiger partial charge in [-0.1, -0.05) is 29.8 Å². The molecule has 2 N–H and O–H groups in total. The van der Waals surface area contributed by atoms with Crippen LogP contribution in [-0.2, 0) is 0 Å². The van der Waals surface area contributed by atoms with Gasteiger partial charge >= 0.3 is 0 Å². The Morgan fingerprint density at radius 1 is 1.33 bits per heavy atom. The average molecular weight is 272 g/mol. The first kappa shape index (κ1) is 12.4. The van der Waals surface area contributed by atoms with Crippen molar-refractivity contribution >= 4 is 21.6 Å². The van der Waals surface area contributed by atoms with Gasteiger partial charge in [-0.3, -0.25) is 0 Å². The van der Waals surface area contributed by atoms with Gasteiger partial charge in [0.25, 0.3) is 0 Å². The molecular formula is C12H18BrNO. The molecule has 0 saturated carbocycles. The lowest BCUT2D eigenvalue weighted by Crippen LogP contribution is -2.15. The van der Waals surface area contributed by atoms with E-state index in [9.17, 15) is 0 Å². The molecule has 3 heteroatoms. The summed E-state index contributed by atoms with van der Waals surface area (Å²) in [6, 6.07) is 5.67. The minimum Gasteiger partial charge on any atom is -0.489 e. The summed E-state index contributed by atoms with van der Waals surface area (Å²) in [5.74, 6) is 1.39. The van der Waals surface area contributed by atoms with Crippen LogP contribution in [0.4, 0.5) is 5.69 Å². The molecule has 84 valence electrons. The number of nitrogens with two attached hydrogens (primary N) is 1. The molecule has 0 saturated heterocycles. The molecule has 1 unspecified atom stereocenters. The predicted octanol–water partition coefficient (Wildman–Crippen LogP) is 3.84. The van der Waals surface area contributed by atoms with Gasteiger partial charge in [-0.25, -0.2) is 0 Å². The highest BCUT2D eigenvalue weighted by Crippen LogP contribution is 2.27. The normalized spacial score (nSPS) is 12.9. The van der Waals surface area contributed by atoms with Crippen molar-refractivity contribution in [3.8, 4) is 5.75 Å². The summed E-state index contributed by atoms with van der Waals surface area (Å²) < 4.78 is 6.77. The molecule has 1 atom stereocenters. The molecule has 1 rings (SSSR count). The summed E-state index contributed by atoms with van der Waals surface area (Å²) in [7, 11) is 0. The number of hydrogen-bond donors (Lipinski definition) is 1. The largest absolute Gasteiger partial charge is 0.489 e. The first-order valence-corrected chi connectivity index (χ1v) is 6.00. The van der Waals surface area contributed by atoms with Gasteiger partial charge in [-0.05, 0) is 37.5 Å². The molecule has 15 heavy (non-hydrogen) atoms.